The van der Waals surface area contributed by atoms with Gasteiger partial charge in [-0.1, -0.05) is 11.8 Å². The van der Waals surface area contributed by atoms with Crippen molar-refractivity contribution in [2.45, 2.75) is 25.0 Å². The van der Waals surface area contributed by atoms with Gasteiger partial charge in [0.05, 0.1) is 11.8 Å². The maximum Gasteiger partial charge on any atom is 0.276 e. The molecule has 0 aliphatic heterocycles. The highest BCUT2D eigenvalue weighted by Crippen LogP contribution is 2.26. The van der Waals surface area contributed by atoms with Crippen molar-refractivity contribution in [3.05, 3.63) is 53.7 Å². The predicted molar refractivity (Wildman–Crippen MR) is 87.4 cm³/mol. The summed E-state index contributed by atoms with van der Waals surface area (Å²) in [4.78, 5) is 12.0. The summed E-state index contributed by atoms with van der Waals surface area (Å²) in [5, 5.41) is 8.42. The van der Waals surface area contributed by atoms with Crippen LogP contribution in [0.15, 0.2) is 50.7 Å². The number of carbonyl (C=O) groups is 1. The van der Waals surface area contributed by atoms with Gasteiger partial charge in [0.25, 0.3) is 11.1 Å². The first-order valence-corrected chi connectivity index (χ1v) is 8.41. The fourth-order valence-corrected chi connectivity index (χ4v) is 2.86. The fraction of sp³-hybridized carbons (Fsp3) is 0.235. The second kappa shape index (κ2) is 7.44. The SMILES string of the molecule is Cc1occc1-c1nnc(SCCCC(=O)c2ccc(F)cc2)o1. The van der Waals surface area contributed by atoms with E-state index < -0.39 is 0 Å². The highest BCUT2D eigenvalue weighted by molar-refractivity contribution is 7.99. The molecule has 24 heavy (non-hydrogen) atoms. The largest absolute Gasteiger partial charge is 0.469 e. The fourth-order valence-electron chi connectivity index (χ4n) is 2.16. The normalized spacial score (nSPS) is 10.9. The summed E-state index contributed by atoms with van der Waals surface area (Å²) in [6, 6.07) is 7.36. The Morgan fingerprint density at radius 2 is 2.00 bits per heavy atom. The molecule has 0 unspecified atom stereocenters. The highest BCUT2D eigenvalue weighted by Gasteiger charge is 2.13. The molecule has 7 heteroatoms. The van der Waals surface area contributed by atoms with Gasteiger partial charge in [0.2, 0.25) is 0 Å². The van der Waals surface area contributed by atoms with Crippen molar-refractivity contribution >= 4 is 17.5 Å². The first-order chi connectivity index (χ1) is 11.6. The Bertz CT molecular complexity index is 826. The van der Waals surface area contributed by atoms with E-state index in [9.17, 15) is 9.18 Å². The summed E-state index contributed by atoms with van der Waals surface area (Å²) in [6.45, 7) is 1.83. The molecular weight excluding hydrogens is 331 g/mol. The first-order valence-electron chi connectivity index (χ1n) is 7.43. The van der Waals surface area contributed by atoms with E-state index >= 15 is 0 Å². The number of benzene rings is 1. The number of hydrogen-bond donors (Lipinski definition) is 0. The van der Waals surface area contributed by atoms with Crippen LogP contribution in [-0.2, 0) is 0 Å². The number of halogens is 1. The van der Waals surface area contributed by atoms with Crippen LogP contribution in [0.1, 0.15) is 29.0 Å². The Hall–Kier alpha value is -2.41. The van der Waals surface area contributed by atoms with E-state index in [-0.39, 0.29) is 11.6 Å². The van der Waals surface area contributed by atoms with Crippen LogP contribution in [0.25, 0.3) is 11.5 Å². The van der Waals surface area contributed by atoms with Gasteiger partial charge in [-0.05, 0) is 43.7 Å². The molecule has 0 saturated heterocycles. The maximum atomic E-state index is 12.8. The van der Waals surface area contributed by atoms with Gasteiger partial charge < -0.3 is 8.83 Å². The van der Waals surface area contributed by atoms with Gasteiger partial charge in [-0.2, -0.15) is 0 Å². The van der Waals surface area contributed by atoms with Crippen molar-refractivity contribution in [3.63, 3.8) is 0 Å². The molecule has 3 aromatic rings. The number of Topliss-reactive ketones (excluding diaryl/α,β-unsaturated/α-hetero) is 1. The Morgan fingerprint density at radius 1 is 1.21 bits per heavy atom. The van der Waals surface area contributed by atoms with Gasteiger partial charge in [-0.3, -0.25) is 4.79 Å². The highest BCUT2D eigenvalue weighted by atomic mass is 32.2. The zero-order valence-electron chi connectivity index (χ0n) is 13.0. The predicted octanol–water partition coefficient (Wildman–Crippen LogP) is 4.53. The zero-order chi connectivity index (χ0) is 16.9. The molecule has 0 fully saturated rings. The van der Waals surface area contributed by atoms with Gasteiger partial charge in [0.1, 0.15) is 11.6 Å². The summed E-state index contributed by atoms with van der Waals surface area (Å²) < 4.78 is 23.6. The summed E-state index contributed by atoms with van der Waals surface area (Å²) >= 11 is 1.40. The van der Waals surface area contributed by atoms with Gasteiger partial charge in [-0.15, -0.1) is 10.2 Å². The Kier molecular flexibility index (Phi) is 5.10. The van der Waals surface area contributed by atoms with E-state index in [1.807, 2.05) is 6.92 Å². The lowest BCUT2D eigenvalue weighted by atomic mass is 10.1. The average molecular weight is 346 g/mol. The molecule has 0 amide bonds. The number of nitrogens with zero attached hydrogens (tertiary/aromatic N) is 2. The summed E-state index contributed by atoms with van der Waals surface area (Å²) in [7, 11) is 0. The maximum absolute atomic E-state index is 12.8. The van der Waals surface area contributed by atoms with Crippen LogP contribution >= 0.6 is 11.8 Å². The first kappa shape index (κ1) is 16.4. The van der Waals surface area contributed by atoms with Crippen molar-refractivity contribution in [1.29, 1.82) is 0 Å². The number of ketones is 1. The van der Waals surface area contributed by atoms with E-state index in [4.69, 9.17) is 8.83 Å². The molecule has 0 radical (unpaired) electrons. The topological polar surface area (TPSA) is 69.1 Å². The second-order valence-electron chi connectivity index (χ2n) is 5.15. The molecule has 2 aromatic heterocycles. The number of furan rings is 1. The summed E-state index contributed by atoms with van der Waals surface area (Å²) in [6.07, 6.45) is 2.63. The molecular formula is C17H15FN2O3S. The second-order valence-corrected chi connectivity index (χ2v) is 6.19. The third kappa shape index (κ3) is 3.91. The molecule has 0 bridgehead atoms. The van der Waals surface area contributed by atoms with Gasteiger partial charge >= 0.3 is 0 Å². The van der Waals surface area contributed by atoms with E-state index in [0.717, 1.165) is 11.3 Å². The van der Waals surface area contributed by atoms with Crippen LogP contribution in [0, 0.1) is 12.7 Å². The molecule has 2 heterocycles. The lowest BCUT2D eigenvalue weighted by Gasteiger charge is -2.00. The molecule has 1 aromatic carbocycles. The van der Waals surface area contributed by atoms with E-state index in [2.05, 4.69) is 10.2 Å². The number of hydrogen-bond acceptors (Lipinski definition) is 6. The Balaban J connectivity index is 1.47. The third-order valence-electron chi connectivity index (χ3n) is 3.44. The van der Waals surface area contributed by atoms with Crippen molar-refractivity contribution in [3.8, 4) is 11.5 Å². The van der Waals surface area contributed by atoms with Gasteiger partial charge in [0.15, 0.2) is 5.78 Å². The minimum absolute atomic E-state index is 0.00385. The molecule has 5 nitrogen and oxygen atoms in total. The minimum Gasteiger partial charge on any atom is -0.469 e. The van der Waals surface area contributed by atoms with Crippen molar-refractivity contribution in [2.75, 3.05) is 5.75 Å². The van der Waals surface area contributed by atoms with Crippen LogP contribution in [0.3, 0.4) is 0 Å². The number of aromatic nitrogens is 2. The third-order valence-corrected chi connectivity index (χ3v) is 4.34. The molecule has 3 rings (SSSR count). The van der Waals surface area contributed by atoms with Crippen LogP contribution in [0.5, 0.6) is 0 Å². The lowest BCUT2D eigenvalue weighted by molar-refractivity contribution is 0.0982. The monoisotopic (exact) mass is 346 g/mol. The van der Waals surface area contributed by atoms with E-state index in [1.54, 1.807) is 12.3 Å². The molecule has 124 valence electrons. The molecule has 0 aliphatic carbocycles. The molecule has 0 saturated carbocycles. The van der Waals surface area contributed by atoms with Crippen LogP contribution in [0.2, 0.25) is 0 Å². The lowest BCUT2D eigenvalue weighted by Crippen LogP contribution is -1.99. The van der Waals surface area contributed by atoms with Gasteiger partial charge in [0, 0.05) is 17.7 Å². The standard InChI is InChI=1S/C17H15FN2O3S/c1-11-14(8-9-22-11)16-19-20-17(23-16)24-10-2-3-15(21)12-4-6-13(18)7-5-12/h4-9H,2-3,10H2,1H3. The molecule has 0 atom stereocenters. The molecule has 0 spiro atoms. The van der Waals surface area contributed by atoms with Crippen molar-refractivity contribution in [2.24, 2.45) is 0 Å². The molecule has 0 N–H and O–H groups in total. The van der Waals surface area contributed by atoms with Crippen LogP contribution in [0.4, 0.5) is 4.39 Å². The van der Waals surface area contributed by atoms with Crippen LogP contribution < -0.4 is 0 Å². The van der Waals surface area contributed by atoms with E-state index in [0.29, 0.717) is 35.3 Å². The smallest absolute Gasteiger partial charge is 0.276 e. The Morgan fingerprint density at radius 3 is 2.71 bits per heavy atom. The number of carbonyl (C=O) groups excluding carboxylic acids is 1. The van der Waals surface area contributed by atoms with Crippen LogP contribution in [-0.4, -0.2) is 21.7 Å². The van der Waals surface area contributed by atoms with E-state index in [1.165, 1.54) is 36.0 Å². The molecule has 0 aliphatic rings. The summed E-state index contributed by atoms with van der Waals surface area (Å²) in [5.74, 6) is 1.48. The van der Waals surface area contributed by atoms with Crippen molar-refractivity contribution < 1.29 is 18.0 Å². The Labute approximate surface area is 142 Å². The quantitative estimate of drug-likeness (QED) is 0.355. The summed E-state index contributed by atoms with van der Waals surface area (Å²) in [5.41, 5.74) is 1.30. The number of aryl methyl sites for hydroxylation is 1. The van der Waals surface area contributed by atoms with Gasteiger partial charge in [-0.25, -0.2) is 4.39 Å². The van der Waals surface area contributed by atoms with Crippen molar-refractivity contribution in [1.82, 2.24) is 10.2 Å². The minimum atomic E-state index is -0.345. The number of thioether (sulfide) groups is 1. The number of rotatable bonds is 7. The average Bonchev–Trinajstić information content (AvgIpc) is 3.20. The zero-order valence-corrected chi connectivity index (χ0v) is 13.8.